The maximum atomic E-state index is 13.9. The molecule has 0 aliphatic carbocycles. The van der Waals surface area contributed by atoms with Crippen LogP contribution >= 0.6 is 11.6 Å². The fourth-order valence-corrected chi connectivity index (χ4v) is 4.67. The summed E-state index contributed by atoms with van der Waals surface area (Å²) in [5.41, 5.74) is -0.775. The van der Waals surface area contributed by atoms with E-state index in [0.717, 1.165) is 0 Å². The molecular formula is C27H34ClN5O5. The Labute approximate surface area is 226 Å². The van der Waals surface area contributed by atoms with Crippen molar-refractivity contribution in [1.82, 2.24) is 19.8 Å². The van der Waals surface area contributed by atoms with Gasteiger partial charge in [0.1, 0.15) is 5.82 Å². The second-order valence-corrected chi connectivity index (χ2v) is 11.1. The third-order valence-corrected chi connectivity index (χ3v) is 6.43. The lowest BCUT2D eigenvalue weighted by atomic mass is 10.0. The van der Waals surface area contributed by atoms with E-state index < -0.39 is 34.8 Å². The van der Waals surface area contributed by atoms with E-state index >= 15 is 0 Å². The summed E-state index contributed by atoms with van der Waals surface area (Å²) in [6.45, 7) is 10.5. The molecule has 0 fully saturated rings. The average molecular weight is 544 g/mol. The third kappa shape index (κ3) is 6.25. The van der Waals surface area contributed by atoms with Crippen molar-refractivity contribution in [2.45, 2.75) is 65.1 Å². The highest BCUT2D eigenvalue weighted by atomic mass is 35.5. The lowest BCUT2D eigenvalue weighted by molar-refractivity contribution is 0.0719. The van der Waals surface area contributed by atoms with Gasteiger partial charge in [-0.15, -0.1) is 0 Å². The number of urea groups is 1. The number of nitrogens with one attached hydrogen (secondary N) is 2. The molecule has 0 bridgehead atoms. The number of carboxylic acid groups (broad SMARTS) is 1. The number of amides is 3. The lowest BCUT2D eigenvalue weighted by Crippen LogP contribution is -2.47. The van der Waals surface area contributed by atoms with Crippen molar-refractivity contribution in [1.29, 1.82) is 0 Å². The summed E-state index contributed by atoms with van der Waals surface area (Å²) in [6, 6.07) is 10.2. The molecule has 0 radical (unpaired) electrons. The quantitative estimate of drug-likeness (QED) is 0.325. The fraction of sp³-hybridized carbons (Fsp3) is 0.407. The Morgan fingerprint density at radius 1 is 1.13 bits per heavy atom. The van der Waals surface area contributed by atoms with Crippen molar-refractivity contribution in [3.05, 3.63) is 63.7 Å². The number of carbonyl (C=O) groups excluding carboxylic acids is 1. The van der Waals surface area contributed by atoms with E-state index in [1.54, 1.807) is 84.0 Å². The minimum atomic E-state index is -1.16. The number of nitrogens with zero attached hydrogens (tertiary/aromatic N) is 3. The number of benzene rings is 2. The molecule has 1 unspecified atom stereocenters. The number of aliphatic hydroxyl groups is 1. The maximum Gasteiger partial charge on any atom is 0.408 e. The molecule has 11 heteroatoms. The summed E-state index contributed by atoms with van der Waals surface area (Å²) < 4.78 is 1.33. The number of carbonyl (C=O) groups is 2. The van der Waals surface area contributed by atoms with Crippen LogP contribution < -0.4 is 16.2 Å². The van der Waals surface area contributed by atoms with Crippen LogP contribution in [0.2, 0.25) is 5.02 Å². The lowest BCUT2D eigenvalue weighted by Gasteiger charge is -2.38. The molecule has 204 valence electrons. The molecule has 1 heterocycles. The second-order valence-electron chi connectivity index (χ2n) is 10.7. The Morgan fingerprint density at radius 2 is 1.79 bits per heavy atom. The number of anilines is 1. The van der Waals surface area contributed by atoms with E-state index in [1.807, 2.05) is 0 Å². The van der Waals surface area contributed by atoms with Crippen LogP contribution in [0.15, 0.2) is 47.3 Å². The van der Waals surface area contributed by atoms with Gasteiger partial charge in [0.05, 0.1) is 27.7 Å². The summed E-state index contributed by atoms with van der Waals surface area (Å²) in [5, 5.41) is 25.2. The maximum absolute atomic E-state index is 13.9. The molecule has 0 saturated carbocycles. The number of aromatic nitrogens is 2. The standard InChI is InChI=1S/C27H34ClN5O5/c1-16(33(25(37)38)26(2,3)4)22-30-20-12-8-11-19(28)21(20)23(35)32(22)18-10-7-9-17(15-18)29-24(36)31-27(5,6)13-14-34/h7-12,15-16,34H,13-14H2,1-6H3,(H,37,38)(H2,29,31,36). The van der Waals surface area contributed by atoms with Gasteiger partial charge in [-0.05, 0) is 78.3 Å². The van der Waals surface area contributed by atoms with Crippen molar-refractivity contribution >= 4 is 40.3 Å². The first-order chi connectivity index (χ1) is 17.7. The summed E-state index contributed by atoms with van der Waals surface area (Å²) in [6.07, 6.45) is -0.788. The molecule has 3 rings (SSSR count). The molecule has 2 aromatic carbocycles. The molecule has 0 saturated heterocycles. The summed E-state index contributed by atoms with van der Waals surface area (Å²) >= 11 is 6.39. The van der Waals surface area contributed by atoms with E-state index in [2.05, 4.69) is 10.6 Å². The van der Waals surface area contributed by atoms with Crippen molar-refractivity contribution in [2.75, 3.05) is 11.9 Å². The monoisotopic (exact) mass is 543 g/mol. The number of rotatable bonds is 7. The van der Waals surface area contributed by atoms with Gasteiger partial charge in [-0.25, -0.2) is 14.6 Å². The predicted molar refractivity (Wildman–Crippen MR) is 148 cm³/mol. The van der Waals surface area contributed by atoms with Gasteiger partial charge in [0.25, 0.3) is 5.56 Å². The zero-order valence-electron chi connectivity index (χ0n) is 22.4. The number of halogens is 1. The molecular weight excluding hydrogens is 510 g/mol. The van der Waals surface area contributed by atoms with E-state index in [4.69, 9.17) is 16.6 Å². The molecule has 10 nitrogen and oxygen atoms in total. The van der Waals surface area contributed by atoms with Gasteiger partial charge in [0, 0.05) is 23.4 Å². The largest absolute Gasteiger partial charge is 0.465 e. The van der Waals surface area contributed by atoms with Gasteiger partial charge in [-0.3, -0.25) is 14.3 Å². The zero-order valence-corrected chi connectivity index (χ0v) is 23.1. The zero-order chi connectivity index (χ0) is 28.4. The molecule has 1 aromatic heterocycles. The van der Waals surface area contributed by atoms with Crippen molar-refractivity contribution in [2.24, 2.45) is 0 Å². The van der Waals surface area contributed by atoms with Crippen molar-refractivity contribution < 1.29 is 19.8 Å². The van der Waals surface area contributed by atoms with Gasteiger partial charge >= 0.3 is 12.1 Å². The molecule has 38 heavy (non-hydrogen) atoms. The van der Waals surface area contributed by atoms with Crippen LogP contribution in [0.5, 0.6) is 0 Å². The van der Waals surface area contributed by atoms with Gasteiger partial charge in [-0.2, -0.15) is 0 Å². The Balaban J connectivity index is 2.18. The number of fused-ring (bicyclic) bond motifs is 1. The highest BCUT2D eigenvalue weighted by molar-refractivity contribution is 6.35. The summed E-state index contributed by atoms with van der Waals surface area (Å²) in [7, 11) is 0. The van der Waals surface area contributed by atoms with Gasteiger partial charge in [-0.1, -0.05) is 23.7 Å². The van der Waals surface area contributed by atoms with Crippen LogP contribution in [0.25, 0.3) is 16.6 Å². The molecule has 0 spiro atoms. The van der Waals surface area contributed by atoms with Crippen molar-refractivity contribution in [3.8, 4) is 5.69 Å². The first kappa shape index (κ1) is 28.9. The third-order valence-electron chi connectivity index (χ3n) is 6.11. The average Bonchev–Trinajstić information content (AvgIpc) is 2.77. The summed E-state index contributed by atoms with van der Waals surface area (Å²) in [4.78, 5) is 44.7. The Morgan fingerprint density at radius 3 is 2.39 bits per heavy atom. The molecule has 3 aromatic rings. The Kier molecular flexibility index (Phi) is 8.38. The van der Waals surface area contributed by atoms with Gasteiger partial charge in [0.2, 0.25) is 0 Å². The predicted octanol–water partition coefficient (Wildman–Crippen LogP) is 5.16. The van der Waals surface area contributed by atoms with Crippen molar-refractivity contribution in [3.63, 3.8) is 0 Å². The first-order valence-corrected chi connectivity index (χ1v) is 12.6. The van der Waals surface area contributed by atoms with Gasteiger partial charge in [0.15, 0.2) is 0 Å². The van der Waals surface area contributed by atoms with Crippen LogP contribution in [-0.2, 0) is 0 Å². The normalized spacial score (nSPS) is 12.7. The molecule has 4 N–H and O–H groups in total. The number of hydrogen-bond acceptors (Lipinski definition) is 5. The van der Waals surface area contributed by atoms with E-state index in [-0.39, 0.29) is 22.8 Å². The fourth-order valence-electron chi connectivity index (χ4n) is 4.42. The number of aliphatic hydroxyl groups excluding tert-OH is 1. The topological polar surface area (TPSA) is 137 Å². The molecule has 3 amide bonds. The van der Waals surface area contributed by atoms with Crippen LogP contribution in [-0.4, -0.2) is 54.5 Å². The highest BCUT2D eigenvalue weighted by Crippen LogP contribution is 2.30. The molecule has 1 atom stereocenters. The van der Waals surface area contributed by atoms with Crippen LogP contribution in [0, 0.1) is 0 Å². The van der Waals surface area contributed by atoms with Crippen LogP contribution in [0.3, 0.4) is 0 Å². The smallest absolute Gasteiger partial charge is 0.408 e. The van der Waals surface area contributed by atoms with E-state index in [1.165, 1.54) is 9.47 Å². The van der Waals surface area contributed by atoms with Crippen LogP contribution in [0.4, 0.5) is 15.3 Å². The minimum Gasteiger partial charge on any atom is -0.465 e. The van der Waals surface area contributed by atoms with Crippen LogP contribution in [0.1, 0.15) is 59.8 Å². The second kappa shape index (κ2) is 11.0. The molecule has 0 aliphatic heterocycles. The Hall–Kier alpha value is -3.63. The van der Waals surface area contributed by atoms with E-state index in [0.29, 0.717) is 23.3 Å². The highest BCUT2D eigenvalue weighted by Gasteiger charge is 2.34. The SMILES string of the molecule is CC(c1nc2cccc(Cl)c2c(=O)n1-c1cccc(NC(=O)NC(C)(C)CCO)c1)N(C(=O)O)C(C)(C)C. The summed E-state index contributed by atoms with van der Waals surface area (Å²) in [5.74, 6) is 0.202. The minimum absolute atomic E-state index is 0.0773. The Bertz CT molecular complexity index is 1410. The number of hydrogen-bond donors (Lipinski definition) is 4. The molecule has 0 aliphatic rings. The van der Waals surface area contributed by atoms with E-state index in [9.17, 15) is 24.6 Å². The van der Waals surface area contributed by atoms with Gasteiger partial charge < -0.3 is 20.8 Å². The first-order valence-electron chi connectivity index (χ1n) is 12.2.